The van der Waals surface area contributed by atoms with Gasteiger partial charge in [-0.2, -0.15) is 4.31 Å². The molecule has 1 saturated heterocycles. The number of benzene rings is 1. The van der Waals surface area contributed by atoms with Crippen molar-refractivity contribution in [2.45, 2.75) is 38.5 Å². The number of nitrogens with zero attached hydrogens (tertiary/aromatic N) is 5. The Morgan fingerprint density at radius 3 is 2.65 bits per heavy atom. The fraction of sp³-hybridized carbons (Fsp3) is 0.500. The van der Waals surface area contributed by atoms with Crippen LogP contribution in [0.25, 0.3) is 16.9 Å². The number of amides is 1. The lowest BCUT2D eigenvalue weighted by atomic mass is 10.2. The fourth-order valence-electron chi connectivity index (χ4n) is 4.25. The van der Waals surface area contributed by atoms with E-state index in [1.54, 1.807) is 18.7 Å². The largest absolute Gasteiger partial charge is 0.493 e. The van der Waals surface area contributed by atoms with Crippen LogP contribution < -0.4 is 10.3 Å². The molecule has 1 aromatic carbocycles. The maximum Gasteiger partial charge on any atom is 0.277 e. The minimum atomic E-state index is -4.04. The summed E-state index contributed by atoms with van der Waals surface area (Å²) in [7, 11) is -2.68. The summed E-state index contributed by atoms with van der Waals surface area (Å²) in [5.74, 6) is 0.867. The number of nitrogens with one attached hydrogen (secondary N) is 1. The van der Waals surface area contributed by atoms with E-state index in [1.165, 1.54) is 29.8 Å². The molecule has 1 amide bonds. The van der Waals surface area contributed by atoms with Crippen molar-refractivity contribution in [3.63, 3.8) is 0 Å². The van der Waals surface area contributed by atoms with Crippen molar-refractivity contribution in [1.29, 1.82) is 0 Å². The maximum atomic E-state index is 13.4. The summed E-state index contributed by atoms with van der Waals surface area (Å²) in [6.07, 6.45) is 1.44. The number of H-pyrrole nitrogens is 1. The van der Waals surface area contributed by atoms with Crippen molar-refractivity contribution in [3.8, 4) is 17.1 Å². The Bertz CT molecular complexity index is 1460. The van der Waals surface area contributed by atoms with E-state index in [-0.39, 0.29) is 28.7 Å². The van der Waals surface area contributed by atoms with Gasteiger partial charge in [0.2, 0.25) is 15.9 Å². The number of rotatable bonds is 9. The van der Waals surface area contributed by atoms with E-state index < -0.39 is 10.0 Å². The van der Waals surface area contributed by atoms with Crippen LogP contribution in [-0.4, -0.2) is 89.6 Å². The quantitative estimate of drug-likeness (QED) is 0.434. The average Bonchev–Trinajstić information content (AvgIpc) is 3.20. The Morgan fingerprint density at radius 1 is 1.24 bits per heavy atom. The predicted molar refractivity (Wildman–Crippen MR) is 136 cm³/mol. The zero-order valence-corrected chi connectivity index (χ0v) is 22.3. The summed E-state index contributed by atoms with van der Waals surface area (Å²) in [4.78, 5) is 34.4. The number of fused-ring (bicyclic) bond motifs is 1. The van der Waals surface area contributed by atoms with Crippen molar-refractivity contribution < 1.29 is 22.7 Å². The summed E-state index contributed by atoms with van der Waals surface area (Å²) in [6.45, 7) is 7.28. The highest BCUT2D eigenvalue weighted by Gasteiger charge is 2.28. The Balaban J connectivity index is 1.74. The number of aryl methyl sites for hydroxylation is 2. The van der Waals surface area contributed by atoms with E-state index >= 15 is 0 Å². The first kappa shape index (κ1) is 26.8. The number of aromatic nitrogens is 4. The Kier molecular flexibility index (Phi) is 7.95. The lowest BCUT2D eigenvalue weighted by Gasteiger charge is -2.28. The standard InChI is InChI=1S/C24H32N6O6S/c1-5-7-20-25-16(3)22-24(32)26-23(27-30(20)22)18-14-17(8-9-19(18)36-6-2)37(33,34)28(4)15-21(31)29-10-12-35-13-11-29/h8-9,14H,5-7,10-13,15H2,1-4H3,(H,26,27,32). The monoisotopic (exact) mass is 532 g/mol. The van der Waals surface area contributed by atoms with Gasteiger partial charge >= 0.3 is 0 Å². The molecule has 0 saturated carbocycles. The van der Waals surface area contributed by atoms with Gasteiger partial charge in [-0.05, 0) is 38.5 Å². The topological polar surface area (TPSA) is 139 Å². The number of hydrogen-bond acceptors (Lipinski definition) is 8. The van der Waals surface area contributed by atoms with E-state index in [9.17, 15) is 18.0 Å². The summed E-state index contributed by atoms with van der Waals surface area (Å²) < 4.78 is 40.3. The number of sulfonamides is 1. The normalized spacial score (nSPS) is 14.5. The van der Waals surface area contributed by atoms with Crippen LogP contribution in [0.4, 0.5) is 0 Å². The van der Waals surface area contributed by atoms with Crippen molar-refractivity contribution in [2.24, 2.45) is 0 Å². The third-order valence-electron chi connectivity index (χ3n) is 6.15. The molecule has 12 nitrogen and oxygen atoms in total. The number of morpholine rings is 1. The second-order valence-corrected chi connectivity index (χ2v) is 10.8. The SMILES string of the molecule is CCCc1nc(C)c2c(=O)[nH]c(-c3cc(S(=O)(=O)N(C)CC(=O)N4CCOCC4)ccc3OCC)nn12. The molecular formula is C24H32N6O6S. The van der Waals surface area contributed by atoms with Gasteiger partial charge in [0.15, 0.2) is 11.3 Å². The van der Waals surface area contributed by atoms with E-state index in [0.29, 0.717) is 67.7 Å². The number of ether oxygens (including phenoxy) is 2. The van der Waals surface area contributed by atoms with Gasteiger partial charge in [-0.15, -0.1) is 5.10 Å². The lowest BCUT2D eigenvalue weighted by molar-refractivity contribution is -0.135. The molecule has 13 heteroatoms. The third-order valence-corrected chi connectivity index (χ3v) is 7.95. The minimum absolute atomic E-state index is 0.0541. The summed E-state index contributed by atoms with van der Waals surface area (Å²) in [6, 6.07) is 4.35. The minimum Gasteiger partial charge on any atom is -0.493 e. The van der Waals surface area contributed by atoms with Crippen LogP contribution in [0.5, 0.6) is 5.75 Å². The van der Waals surface area contributed by atoms with Crippen molar-refractivity contribution >= 4 is 21.4 Å². The average molecular weight is 533 g/mol. The van der Waals surface area contributed by atoms with Crippen molar-refractivity contribution in [1.82, 2.24) is 28.8 Å². The number of carbonyl (C=O) groups is 1. The van der Waals surface area contributed by atoms with E-state index in [1.807, 2.05) is 6.92 Å². The van der Waals surface area contributed by atoms with Gasteiger partial charge in [-0.1, -0.05) is 6.92 Å². The Hall–Kier alpha value is -3.29. The van der Waals surface area contributed by atoms with Gasteiger partial charge in [0, 0.05) is 26.6 Å². The van der Waals surface area contributed by atoms with Crippen LogP contribution in [0.2, 0.25) is 0 Å². The number of hydrogen-bond donors (Lipinski definition) is 1. The molecule has 1 fully saturated rings. The molecule has 4 rings (SSSR count). The molecular weight excluding hydrogens is 500 g/mol. The van der Waals surface area contributed by atoms with E-state index in [4.69, 9.17) is 9.47 Å². The van der Waals surface area contributed by atoms with Crippen LogP contribution in [0, 0.1) is 6.92 Å². The molecule has 3 heterocycles. The molecule has 2 aromatic heterocycles. The maximum absolute atomic E-state index is 13.4. The van der Waals surface area contributed by atoms with Crippen molar-refractivity contribution in [2.75, 3.05) is 46.5 Å². The first-order valence-corrected chi connectivity index (χ1v) is 13.7. The van der Waals surface area contributed by atoms with Gasteiger partial charge in [-0.3, -0.25) is 9.59 Å². The molecule has 1 N–H and O–H groups in total. The number of carbonyl (C=O) groups excluding carboxylic acids is 1. The molecule has 0 radical (unpaired) electrons. The lowest BCUT2D eigenvalue weighted by Crippen LogP contribution is -2.46. The molecule has 0 atom stereocenters. The third kappa shape index (κ3) is 5.38. The molecule has 1 aliphatic rings. The fourth-order valence-corrected chi connectivity index (χ4v) is 5.39. The molecule has 200 valence electrons. The van der Waals surface area contributed by atoms with Crippen LogP contribution in [-0.2, 0) is 26.0 Å². The van der Waals surface area contributed by atoms with Gasteiger partial charge in [0.25, 0.3) is 5.56 Å². The highest BCUT2D eigenvalue weighted by atomic mass is 32.2. The summed E-state index contributed by atoms with van der Waals surface area (Å²) in [5, 5.41) is 4.60. The highest BCUT2D eigenvalue weighted by molar-refractivity contribution is 7.89. The molecule has 1 aliphatic heterocycles. The molecule has 3 aromatic rings. The summed E-state index contributed by atoms with van der Waals surface area (Å²) >= 11 is 0. The predicted octanol–water partition coefficient (Wildman–Crippen LogP) is 1.22. The van der Waals surface area contributed by atoms with Gasteiger partial charge in [-0.25, -0.2) is 17.9 Å². The zero-order valence-electron chi connectivity index (χ0n) is 21.5. The van der Waals surface area contributed by atoms with Crippen molar-refractivity contribution in [3.05, 3.63) is 40.1 Å². The Labute approximate surface area is 215 Å². The van der Waals surface area contributed by atoms with Crippen LogP contribution >= 0.6 is 0 Å². The molecule has 37 heavy (non-hydrogen) atoms. The van der Waals surface area contributed by atoms with Gasteiger partial charge in [0.05, 0.1) is 42.5 Å². The Morgan fingerprint density at radius 2 is 1.97 bits per heavy atom. The smallest absolute Gasteiger partial charge is 0.277 e. The first-order valence-electron chi connectivity index (χ1n) is 12.2. The van der Waals surface area contributed by atoms with Crippen LogP contribution in [0.15, 0.2) is 27.9 Å². The van der Waals surface area contributed by atoms with Crippen LogP contribution in [0.3, 0.4) is 0 Å². The first-order chi connectivity index (χ1) is 17.7. The number of imidazole rings is 1. The molecule has 0 aliphatic carbocycles. The number of likely N-dealkylation sites (N-methyl/N-ethyl adjacent to an activating group) is 1. The van der Waals surface area contributed by atoms with Crippen LogP contribution in [0.1, 0.15) is 31.8 Å². The molecule has 0 spiro atoms. The molecule has 0 unspecified atom stereocenters. The van der Waals surface area contributed by atoms with Gasteiger partial charge < -0.3 is 19.4 Å². The van der Waals surface area contributed by atoms with E-state index in [0.717, 1.165) is 10.7 Å². The highest BCUT2D eigenvalue weighted by Crippen LogP contribution is 2.31. The second-order valence-electron chi connectivity index (χ2n) is 8.77. The van der Waals surface area contributed by atoms with E-state index in [2.05, 4.69) is 15.1 Å². The number of aromatic amines is 1. The van der Waals surface area contributed by atoms with Gasteiger partial charge in [0.1, 0.15) is 11.6 Å². The second kappa shape index (κ2) is 11.0. The molecule has 0 bridgehead atoms. The summed E-state index contributed by atoms with van der Waals surface area (Å²) in [5.41, 5.74) is 0.830. The zero-order chi connectivity index (χ0) is 26.7.